The number of pyridine rings is 2. The number of nitrogens with one attached hydrogen (secondary N) is 1. The highest BCUT2D eigenvalue weighted by Crippen LogP contribution is 2.42. The Bertz CT molecular complexity index is 1220. The van der Waals surface area contributed by atoms with Crippen LogP contribution < -0.4 is 19.5 Å². The molecule has 0 radical (unpaired) electrons. The zero-order valence-corrected chi connectivity index (χ0v) is 19.7. The van der Waals surface area contributed by atoms with Crippen LogP contribution in [0.3, 0.4) is 0 Å². The lowest BCUT2D eigenvalue weighted by Crippen LogP contribution is -2.66. The number of aryl methyl sites for hydroxylation is 1. The van der Waals surface area contributed by atoms with Gasteiger partial charge >= 0.3 is 5.97 Å². The lowest BCUT2D eigenvalue weighted by Gasteiger charge is -2.48. The molecule has 2 bridgehead atoms. The number of piperidine rings is 1. The highest BCUT2D eigenvalue weighted by molar-refractivity contribution is 5.90. The maximum Gasteiger partial charge on any atom is 0.316 e. The molecule has 0 amide bonds. The van der Waals surface area contributed by atoms with E-state index in [9.17, 15) is 4.79 Å². The highest BCUT2D eigenvalue weighted by Gasteiger charge is 2.47. The van der Waals surface area contributed by atoms with Crippen LogP contribution in [0.1, 0.15) is 12.8 Å². The number of hydrogen-bond donors (Lipinski definition) is 1. The molecule has 3 aromatic heterocycles. The summed E-state index contributed by atoms with van der Waals surface area (Å²) in [7, 11) is 5.16. The van der Waals surface area contributed by atoms with Crippen molar-refractivity contribution in [3.63, 3.8) is 0 Å². The van der Waals surface area contributed by atoms with Gasteiger partial charge in [0.05, 0.1) is 37.5 Å². The van der Waals surface area contributed by atoms with Crippen molar-refractivity contribution in [2.45, 2.75) is 24.9 Å². The third-order valence-electron chi connectivity index (χ3n) is 7.37. The zero-order valence-electron chi connectivity index (χ0n) is 19.7. The number of rotatable bonds is 7. The highest BCUT2D eigenvalue weighted by atomic mass is 16.5. The average Bonchev–Trinajstić information content (AvgIpc) is 3.52. The van der Waals surface area contributed by atoms with Crippen molar-refractivity contribution in [1.29, 1.82) is 0 Å². The lowest BCUT2D eigenvalue weighted by atomic mass is 9.91. The first-order valence-electron chi connectivity index (χ1n) is 11.8. The van der Waals surface area contributed by atoms with Crippen molar-refractivity contribution in [1.82, 2.24) is 24.8 Å². The first-order chi connectivity index (χ1) is 16.5. The van der Waals surface area contributed by atoms with Crippen LogP contribution in [0.15, 0.2) is 30.6 Å². The van der Waals surface area contributed by atoms with Crippen LogP contribution in [0.5, 0.6) is 17.5 Å². The van der Waals surface area contributed by atoms with Crippen molar-refractivity contribution >= 4 is 16.9 Å². The molecular weight excluding hydrogens is 434 g/mol. The maximum absolute atomic E-state index is 12.8. The fraction of sp³-hybridized carbons (Fsp3) is 0.480. The second-order valence-electron chi connectivity index (χ2n) is 9.61. The molecule has 178 valence electrons. The van der Waals surface area contributed by atoms with E-state index in [1.165, 1.54) is 6.42 Å². The molecule has 4 fully saturated rings. The Morgan fingerprint density at radius 3 is 2.68 bits per heavy atom. The van der Waals surface area contributed by atoms with Crippen LogP contribution in [0.4, 0.5) is 0 Å². The summed E-state index contributed by atoms with van der Waals surface area (Å²) in [5, 5.41) is 4.46. The van der Waals surface area contributed by atoms with Crippen molar-refractivity contribution in [3.8, 4) is 28.8 Å². The van der Waals surface area contributed by atoms with Gasteiger partial charge in [0.15, 0.2) is 0 Å². The summed E-state index contributed by atoms with van der Waals surface area (Å²) in [6, 6.07) is 6.90. The van der Waals surface area contributed by atoms with Crippen LogP contribution in [0, 0.1) is 11.8 Å². The van der Waals surface area contributed by atoms with E-state index < -0.39 is 0 Å². The molecule has 34 heavy (non-hydrogen) atoms. The van der Waals surface area contributed by atoms with Gasteiger partial charge in [-0.15, -0.1) is 0 Å². The van der Waals surface area contributed by atoms with Crippen LogP contribution in [-0.2, 0) is 11.8 Å². The van der Waals surface area contributed by atoms with Gasteiger partial charge in [0.1, 0.15) is 11.3 Å². The molecule has 3 aromatic rings. The number of carbonyl (C=O) groups excluding carboxylic acids is 1. The van der Waals surface area contributed by atoms with Gasteiger partial charge in [-0.25, -0.2) is 9.97 Å². The Labute approximate surface area is 198 Å². The van der Waals surface area contributed by atoms with Gasteiger partial charge in [0, 0.05) is 56.4 Å². The summed E-state index contributed by atoms with van der Waals surface area (Å²) >= 11 is 0. The summed E-state index contributed by atoms with van der Waals surface area (Å²) in [5.41, 5.74) is 2.54. The van der Waals surface area contributed by atoms with Gasteiger partial charge < -0.3 is 24.1 Å². The average molecular weight is 464 g/mol. The molecule has 3 aliphatic heterocycles. The SMILES string of the molecule is COc1ccnc(OC)c1-c1cc2cc(OC(=O)[C@H]3C[C@@H]3CN3CC4CC(C3)N4)ncc2n1C. The Morgan fingerprint density at radius 2 is 1.94 bits per heavy atom. The largest absolute Gasteiger partial charge is 0.496 e. The maximum atomic E-state index is 12.8. The molecule has 1 aliphatic carbocycles. The summed E-state index contributed by atoms with van der Waals surface area (Å²) in [6.07, 6.45) is 5.58. The molecule has 4 aliphatic rings. The minimum atomic E-state index is -0.177. The Kier molecular flexibility index (Phi) is 5.18. The summed E-state index contributed by atoms with van der Waals surface area (Å²) < 4.78 is 18.7. The van der Waals surface area contributed by atoms with Gasteiger partial charge in [-0.05, 0) is 30.9 Å². The third kappa shape index (κ3) is 3.69. The Balaban J connectivity index is 1.18. The molecule has 1 saturated carbocycles. The number of methoxy groups -OCH3 is 2. The number of aromatic nitrogens is 3. The minimum absolute atomic E-state index is 0.0287. The standard InChI is InChI=1S/C25H29N5O4/c1-29-19(23-21(32-2)4-5-26-24(23)33-3)7-14-8-22(27-10-20(14)29)34-25(31)18-6-15(18)11-30-12-16-9-17(13-30)28-16/h4-5,7-8,10,15-18,28H,6,9,11-13H2,1-3H3/t15-,16?,17?,18+/m1/s1. The predicted molar refractivity (Wildman–Crippen MR) is 126 cm³/mol. The van der Waals surface area contributed by atoms with Crippen molar-refractivity contribution in [2.24, 2.45) is 18.9 Å². The Morgan fingerprint density at radius 1 is 1.15 bits per heavy atom. The van der Waals surface area contributed by atoms with E-state index >= 15 is 0 Å². The van der Waals surface area contributed by atoms with E-state index in [0.29, 0.717) is 35.5 Å². The smallest absolute Gasteiger partial charge is 0.316 e. The monoisotopic (exact) mass is 463 g/mol. The first-order valence-corrected chi connectivity index (χ1v) is 11.8. The van der Waals surface area contributed by atoms with Gasteiger partial charge in [-0.2, -0.15) is 0 Å². The van der Waals surface area contributed by atoms with Gasteiger partial charge in [-0.1, -0.05) is 0 Å². The molecule has 2 unspecified atom stereocenters. The van der Waals surface area contributed by atoms with E-state index in [1.54, 1.807) is 32.7 Å². The van der Waals surface area contributed by atoms with Crippen molar-refractivity contribution in [2.75, 3.05) is 33.9 Å². The molecule has 1 N–H and O–H groups in total. The summed E-state index contributed by atoms with van der Waals surface area (Å²) in [6.45, 7) is 3.17. The van der Waals surface area contributed by atoms with Crippen molar-refractivity contribution in [3.05, 3.63) is 30.6 Å². The number of carbonyl (C=O) groups is 1. The second-order valence-corrected chi connectivity index (χ2v) is 9.61. The molecular formula is C25H29N5O4. The van der Waals surface area contributed by atoms with E-state index in [0.717, 1.165) is 48.2 Å². The number of hydrogen-bond acceptors (Lipinski definition) is 8. The molecule has 3 saturated heterocycles. The number of nitrogens with zero attached hydrogens (tertiary/aromatic N) is 4. The van der Waals surface area contributed by atoms with E-state index in [1.807, 2.05) is 23.7 Å². The molecule has 0 aromatic carbocycles. The summed E-state index contributed by atoms with van der Waals surface area (Å²) in [5.74, 6) is 1.66. The molecule has 7 rings (SSSR count). The quantitative estimate of drug-likeness (QED) is 0.534. The van der Waals surface area contributed by atoms with Crippen LogP contribution in [-0.4, -0.2) is 71.3 Å². The zero-order chi connectivity index (χ0) is 23.4. The minimum Gasteiger partial charge on any atom is -0.496 e. The number of fused-ring (bicyclic) bond motifs is 3. The van der Waals surface area contributed by atoms with Gasteiger partial charge in [0.25, 0.3) is 0 Å². The van der Waals surface area contributed by atoms with Crippen molar-refractivity contribution < 1.29 is 19.0 Å². The van der Waals surface area contributed by atoms with E-state index in [-0.39, 0.29) is 11.9 Å². The number of esters is 1. The fourth-order valence-electron chi connectivity index (χ4n) is 5.50. The fourth-order valence-corrected chi connectivity index (χ4v) is 5.50. The molecule has 9 nitrogen and oxygen atoms in total. The first kappa shape index (κ1) is 21.4. The van der Waals surface area contributed by atoms with E-state index in [2.05, 4.69) is 20.2 Å². The molecule has 0 spiro atoms. The topological polar surface area (TPSA) is 90.7 Å². The Hall–Kier alpha value is -3.17. The second kappa shape index (κ2) is 8.25. The number of piperazine rings is 1. The van der Waals surface area contributed by atoms with Crippen LogP contribution in [0.25, 0.3) is 22.2 Å². The molecule has 9 heteroatoms. The summed E-state index contributed by atoms with van der Waals surface area (Å²) in [4.78, 5) is 24.0. The van der Waals surface area contributed by atoms with E-state index in [4.69, 9.17) is 14.2 Å². The number of ether oxygens (including phenoxy) is 3. The van der Waals surface area contributed by atoms with Gasteiger partial charge in [0.2, 0.25) is 11.8 Å². The predicted octanol–water partition coefficient (Wildman–Crippen LogP) is 2.24. The third-order valence-corrected chi connectivity index (χ3v) is 7.37. The van der Waals surface area contributed by atoms with Gasteiger partial charge in [-0.3, -0.25) is 9.69 Å². The normalized spacial score (nSPS) is 25.6. The van der Waals surface area contributed by atoms with Crippen LogP contribution >= 0.6 is 0 Å². The van der Waals surface area contributed by atoms with Crippen LogP contribution in [0.2, 0.25) is 0 Å². The lowest BCUT2D eigenvalue weighted by molar-refractivity contribution is -0.136. The molecule has 4 atom stereocenters. The molecule has 6 heterocycles.